The Morgan fingerprint density at radius 1 is 1.32 bits per heavy atom. The number of hydrogen-bond acceptors (Lipinski definition) is 4. The summed E-state index contributed by atoms with van der Waals surface area (Å²) < 4.78 is 5.30. The van der Waals surface area contributed by atoms with E-state index in [0.717, 1.165) is 18.8 Å². The van der Waals surface area contributed by atoms with Crippen molar-refractivity contribution in [3.8, 4) is 0 Å². The van der Waals surface area contributed by atoms with Crippen molar-refractivity contribution in [3.63, 3.8) is 0 Å². The van der Waals surface area contributed by atoms with E-state index < -0.39 is 5.60 Å². The molecule has 1 unspecified atom stereocenters. The number of rotatable bonds is 5. The van der Waals surface area contributed by atoms with Crippen LogP contribution in [0.25, 0.3) is 0 Å². The molecule has 2 saturated carbocycles. The molecule has 0 spiro atoms. The molecule has 2 fully saturated rings. The van der Waals surface area contributed by atoms with Crippen LogP contribution in [0.1, 0.15) is 57.4 Å². The quantitative estimate of drug-likeness (QED) is 0.866. The molecule has 5 heteroatoms. The van der Waals surface area contributed by atoms with E-state index in [1.165, 1.54) is 17.7 Å². The lowest BCUT2D eigenvalue weighted by Crippen LogP contribution is -2.53. The number of carbonyl (C=O) groups is 1. The Morgan fingerprint density at radius 2 is 2.05 bits per heavy atom. The van der Waals surface area contributed by atoms with Gasteiger partial charge in [-0.3, -0.25) is 0 Å². The molecular weight excluding hydrogens is 296 g/mol. The zero-order valence-electron chi connectivity index (χ0n) is 13.6. The van der Waals surface area contributed by atoms with E-state index in [1.54, 1.807) is 0 Å². The first-order valence-electron chi connectivity index (χ1n) is 8.20. The lowest BCUT2D eigenvalue weighted by atomic mass is 9.86. The maximum atomic E-state index is 11.7. The number of amides is 1. The van der Waals surface area contributed by atoms with Gasteiger partial charge in [-0.2, -0.15) is 0 Å². The van der Waals surface area contributed by atoms with Gasteiger partial charge in [0.1, 0.15) is 5.60 Å². The van der Waals surface area contributed by atoms with E-state index in [4.69, 9.17) is 4.74 Å². The van der Waals surface area contributed by atoms with Crippen LogP contribution in [0.3, 0.4) is 0 Å². The van der Waals surface area contributed by atoms with Crippen LogP contribution in [0.2, 0.25) is 0 Å². The summed E-state index contributed by atoms with van der Waals surface area (Å²) in [5.41, 5.74) is -0.429. The average Bonchev–Trinajstić information content (AvgIpc) is 3.04. The third-order valence-electron chi connectivity index (χ3n) is 4.22. The molecule has 1 aromatic rings. The first-order chi connectivity index (χ1) is 10.4. The summed E-state index contributed by atoms with van der Waals surface area (Å²) in [6, 6.07) is 5.62. The van der Waals surface area contributed by atoms with Gasteiger partial charge in [0.05, 0.1) is 0 Å². The second-order valence-corrected chi connectivity index (χ2v) is 8.49. The van der Waals surface area contributed by atoms with Gasteiger partial charge in [-0.05, 0) is 63.8 Å². The van der Waals surface area contributed by atoms with Crippen molar-refractivity contribution in [2.24, 2.45) is 5.92 Å². The number of thiophene rings is 1. The normalized spacial score (nSPS) is 26.1. The number of nitrogens with one attached hydrogen (secondary N) is 2. The van der Waals surface area contributed by atoms with E-state index in [2.05, 4.69) is 28.1 Å². The summed E-state index contributed by atoms with van der Waals surface area (Å²) in [6.45, 7) is 5.66. The molecule has 122 valence electrons. The summed E-state index contributed by atoms with van der Waals surface area (Å²) in [5, 5.41) is 8.90. The number of hydrogen-bond donors (Lipinski definition) is 2. The molecule has 1 atom stereocenters. The largest absolute Gasteiger partial charge is 0.444 e. The van der Waals surface area contributed by atoms with E-state index in [0.29, 0.717) is 12.1 Å². The van der Waals surface area contributed by atoms with Crippen molar-refractivity contribution in [1.82, 2.24) is 10.6 Å². The molecule has 4 nitrogen and oxygen atoms in total. The first kappa shape index (κ1) is 15.8. The number of ether oxygens (including phenoxy) is 1. The Kier molecular flexibility index (Phi) is 4.46. The molecule has 0 bridgehead atoms. The molecular formula is C17H26N2O2S. The number of alkyl carbamates (subject to hydrolysis) is 1. The van der Waals surface area contributed by atoms with Crippen LogP contribution >= 0.6 is 11.3 Å². The molecule has 1 heterocycles. The van der Waals surface area contributed by atoms with Crippen LogP contribution in [-0.4, -0.2) is 23.8 Å². The SMILES string of the molecule is CC(C)(C)OC(=O)NC1CC(NC(c2cccs2)C2CC2)C1. The van der Waals surface area contributed by atoms with Crippen molar-refractivity contribution in [2.45, 2.75) is 70.2 Å². The van der Waals surface area contributed by atoms with Crippen molar-refractivity contribution in [3.05, 3.63) is 22.4 Å². The molecule has 22 heavy (non-hydrogen) atoms. The Hall–Kier alpha value is -1.07. The van der Waals surface area contributed by atoms with Gasteiger partial charge in [0.2, 0.25) is 0 Å². The van der Waals surface area contributed by atoms with Gasteiger partial charge in [-0.1, -0.05) is 6.07 Å². The predicted molar refractivity (Wildman–Crippen MR) is 89.1 cm³/mol. The second kappa shape index (κ2) is 6.20. The van der Waals surface area contributed by atoms with Crippen molar-refractivity contribution >= 4 is 17.4 Å². The van der Waals surface area contributed by atoms with Gasteiger partial charge in [0.15, 0.2) is 0 Å². The zero-order valence-corrected chi connectivity index (χ0v) is 14.4. The fourth-order valence-corrected chi connectivity index (χ4v) is 3.83. The standard InChI is InChI=1S/C17H26N2O2S/c1-17(2,3)21-16(20)19-13-9-12(10-13)18-15(11-6-7-11)14-5-4-8-22-14/h4-5,8,11-13,15,18H,6-7,9-10H2,1-3H3,(H,19,20). The lowest BCUT2D eigenvalue weighted by Gasteiger charge is -2.39. The fraction of sp³-hybridized carbons (Fsp3) is 0.706. The molecule has 2 N–H and O–H groups in total. The monoisotopic (exact) mass is 322 g/mol. The van der Waals surface area contributed by atoms with Gasteiger partial charge in [0.25, 0.3) is 0 Å². The second-order valence-electron chi connectivity index (χ2n) is 7.51. The average molecular weight is 322 g/mol. The molecule has 0 aromatic carbocycles. The minimum atomic E-state index is -0.429. The molecule has 3 rings (SSSR count). The highest BCUT2D eigenvalue weighted by Gasteiger charge is 2.38. The number of carbonyl (C=O) groups excluding carboxylic acids is 1. The van der Waals surface area contributed by atoms with Crippen molar-refractivity contribution in [1.29, 1.82) is 0 Å². The van der Waals surface area contributed by atoms with Crippen LogP contribution < -0.4 is 10.6 Å². The van der Waals surface area contributed by atoms with Crippen LogP contribution in [0, 0.1) is 5.92 Å². The van der Waals surface area contributed by atoms with Gasteiger partial charge in [0, 0.05) is 23.0 Å². The zero-order chi connectivity index (χ0) is 15.7. The summed E-state index contributed by atoms with van der Waals surface area (Å²) >= 11 is 1.84. The van der Waals surface area contributed by atoms with Gasteiger partial charge in [-0.25, -0.2) is 4.79 Å². The van der Waals surface area contributed by atoms with E-state index in [9.17, 15) is 4.79 Å². The highest BCUT2D eigenvalue weighted by Crippen LogP contribution is 2.43. The Morgan fingerprint density at radius 3 is 2.59 bits per heavy atom. The maximum Gasteiger partial charge on any atom is 0.407 e. The third kappa shape index (κ3) is 4.23. The van der Waals surface area contributed by atoms with Gasteiger partial charge >= 0.3 is 6.09 Å². The van der Waals surface area contributed by atoms with Crippen LogP contribution in [0.4, 0.5) is 4.79 Å². The minimum Gasteiger partial charge on any atom is -0.444 e. The third-order valence-corrected chi connectivity index (χ3v) is 5.17. The molecule has 0 saturated heterocycles. The smallest absolute Gasteiger partial charge is 0.407 e. The molecule has 1 aromatic heterocycles. The van der Waals surface area contributed by atoms with Crippen LogP contribution in [0.15, 0.2) is 17.5 Å². The predicted octanol–water partition coefficient (Wildman–Crippen LogP) is 3.84. The molecule has 0 radical (unpaired) electrons. The topological polar surface area (TPSA) is 50.4 Å². The Labute approximate surface area is 136 Å². The molecule has 2 aliphatic rings. The Bertz CT molecular complexity index is 499. The summed E-state index contributed by atoms with van der Waals surface area (Å²) in [6.07, 6.45) is 4.36. The minimum absolute atomic E-state index is 0.246. The van der Waals surface area contributed by atoms with Crippen molar-refractivity contribution in [2.75, 3.05) is 0 Å². The van der Waals surface area contributed by atoms with Crippen LogP contribution in [-0.2, 0) is 4.74 Å². The van der Waals surface area contributed by atoms with Gasteiger partial charge < -0.3 is 15.4 Å². The van der Waals surface area contributed by atoms with E-state index in [-0.39, 0.29) is 12.1 Å². The van der Waals surface area contributed by atoms with E-state index >= 15 is 0 Å². The van der Waals surface area contributed by atoms with Gasteiger partial charge in [-0.15, -0.1) is 11.3 Å². The molecule has 2 aliphatic carbocycles. The van der Waals surface area contributed by atoms with Crippen LogP contribution in [0.5, 0.6) is 0 Å². The summed E-state index contributed by atoms with van der Waals surface area (Å²) in [5.74, 6) is 0.802. The Balaban J connectivity index is 1.42. The molecule has 1 amide bonds. The maximum absolute atomic E-state index is 11.7. The highest BCUT2D eigenvalue weighted by atomic mass is 32.1. The van der Waals surface area contributed by atoms with E-state index in [1.807, 2.05) is 32.1 Å². The lowest BCUT2D eigenvalue weighted by molar-refractivity contribution is 0.0462. The van der Waals surface area contributed by atoms with Crippen molar-refractivity contribution < 1.29 is 9.53 Å². The highest BCUT2D eigenvalue weighted by molar-refractivity contribution is 7.10. The summed E-state index contributed by atoms with van der Waals surface area (Å²) in [4.78, 5) is 13.2. The molecule has 0 aliphatic heterocycles. The first-order valence-corrected chi connectivity index (χ1v) is 9.07. The summed E-state index contributed by atoms with van der Waals surface area (Å²) in [7, 11) is 0. The fourth-order valence-electron chi connectivity index (χ4n) is 2.95.